The first-order valence-corrected chi connectivity index (χ1v) is 13.5. The highest BCUT2D eigenvalue weighted by Crippen LogP contribution is 2.49. The average molecular weight is 519 g/mol. The quantitative estimate of drug-likeness (QED) is 0.371. The SMILES string of the molecule is COC(=O)c1ccc([C@@H]2CN(C)CC[C@H]2Oc2c(C3CC3)cc(C)c3c2ccn3C(=O)OC(C)(C)C)cc1. The highest BCUT2D eigenvalue weighted by atomic mass is 16.6. The molecule has 202 valence electrons. The number of aromatic nitrogens is 1. The minimum Gasteiger partial charge on any atom is -0.489 e. The maximum Gasteiger partial charge on any atom is 0.419 e. The van der Waals surface area contributed by atoms with E-state index in [-0.39, 0.29) is 24.1 Å². The Bertz CT molecular complexity index is 1350. The third-order valence-electron chi connectivity index (χ3n) is 7.53. The van der Waals surface area contributed by atoms with Crippen LogP contribution in [0.25, 0.3) is 10.9 Å². The van der Waals surface area contributed by atoms with Gasteiger partial charge in [0.1, 0.15) is 17.5 Å². The fraction of sp³-hybridized carbons (Fsp3) is 0.484. The molecule has 3 aromatic rings. The second-order valence-corrected chi connectivity index (χ2v) is 11.7. The van der Waals surface area contributed by atoms with Gasteiger partial charge in [0.15, 0.2) is 0 Å². The van der Waals surface area contributed by atoms with E-state index in [1.165, 1.54) is 12.7 Å². The molecule has 0 amide bonds. The van der Waals surface area contributed by atoms with E-state index in [0.717, 1.165) is 60.1 Å². The molecule has 2 heterocycles. The number of hydrogen-bond acceptors (Lipinski definition) is 6. The number of rotatable bonds is 5. The third-order valence-corrected chi connectivity index (χ3v) is 7.53. The van der Waals surface area contributed by atoms with Crippen LogP contribution in [0.5, 0.6) is 5.75 Å². The zero-order valence-corrected chi connectivity index (χ0v) is 23.2. The molecule has 0 radical (unpaired) electrons. The number of ether oxygens (including phenoxy) is 3. The highest BCUT2D eigenvalue weighted by Gasteiger charge is 2.35. The van der Waals surface area contributed by atoms with E-state index in [0.29, 0.717) is 11.5 Å². The number of esters is 1. The zero-order valence-electron chi connectivity index (χ0n) is 23.2. The molecule has 5 rings (SSSR count). The maximum absolute atomic E-state index is 13.1. The molecule has 7 nitrogen and oxygen atoms in total. The van der Waals surface area contributed by atoms with Gasteiger partial charge >= 0.3 is 12.1 Å². The Hall–Kier alpha value is -3.32. The average Bonchev–Trinajstić information content (AvgIpc) is 3.62. The molecule has 2 aliphatic rings. The summed E-state index contributed by atoms with van der Waals surface area (Å²) in [7, 11) is 3.53. The van der Waals surface area contributed by atoms with Crippen LogP contribution in [0.3, 0.4) is 0 Å². The number of likely N-dealkylation sites (tertiary alicyclic amines) is 1. The molecule has 0 spiro atoms. The van der Waals surface area contributed by atoms with E-state index >= 15 is 0 Å². The number of methoxy groups -OCH3 is 1. The molecule has 1 aliphatic carbocycles. The van der Waals surface area contributed by atoms with Crippen molar-refractivity contribution in [3.05, 3.63) is 64.8 Å². The summed E-state index contributed by atoms with van der Waals surface area (Å²) < 4.78 is 19.1. The second-order valence-electron chi connectivity index (χ2n) is 11.7. The molecule has 2 fully saturated rings. The Morgan fingerprint density at radius 2 is 1.74 bits per heavy atom. The Morgan fingerprint density at radius 1 is 1.03 bits per heavy atom. The molecule has 0 N–H and O–H groups in total. The first-order chi connectivity index (χ1) is 18.1. The van der Waals surface area contributed by atoms with Gasteiger partial charge in [0.05, 0.1) is 18.2 Å². The summed E-state index contributed by atoms with van der Waals surface area (Å²) in [4.78, 5) is 27.3. The first kappa shape index (κ1) is 26.3. The van der Waals surface area contributed by atoms with Crippen LogP contribution in [0.15, 0.2) is 42.6 Å². The summed E-state index contributed by atoms with van der Waals surface area (Å²) in [5.74, 6) is 1.18. The van der Waals surface area contributed by atoms with Gasteiger partial charge in [-0.15, -0.1) is 0 Å². The van der Waals surface area contributed by atoms with Gasteiger partial charge in [-0.25, -0.2) is 9.59 Å². The fourth-order valence-electron chi connectivity index (χ4n) is 5.52. The van der Waals surface area contributed by atoms with Crippen LogP contribution in [-0.4, -0.2) is 60.5 Å². The minimum absolute atomic E-state index is 0.0385. The lowest BCUT2D eigenvalue weighted by molar-refractivity contribution is 0.0542. The molecule has 2 atom stereocenters. The molecule has 1 aliphatic heterocycles. The molecule has 1 saturated carbocycles. The highest BCUT2D eigenvalue weighted by molar-refractivity contribution is 5.96. The van der Waals surface area contributed by atoms with Crippen molar-refractivity contribution in [1.29, 1.82) is 0 Å². The van der Waals surface area contributed by atoms with E-state index < -0.39 is 5.60 Å². The molecule has 1 aromatic heterocycles. The van der Waals surface area contributed by atoms with Crippen molar-refractivity contribution in [3.8, 4) is 5.75 Å². The summed E-state index contributed by atoms with van der Waals surface area (Å²) >= 11 is 0. The first-order valence-electron chi connectivity index (χ1n) is 13.5. The van der Waals surface area contributed by atoms with E-state index in [9.17, 15) is 9.59 Å². The van der Waals surface area contributed by atoms with Gasteiger partial charge in [0.2, 0.25) is 0 Å². The molecular weight excluding hydrogens is 480 g/mol. The summed E-state index contributed by atoms with van der Waals surface area (Å²) in [6, 6.07) is 11.9. The summed E-state index contributed by atoms with van der Waals surface area (Å²) in [5, 5.41) is 0.955. The van der Waals surface area contributed by atoms with Crippen molar-refractivity contribution in [2.75, 3.05) is 27.2 Å². The zero-order chi connectivity index (χ0) is 27.2. The normalized spacial score (nSPS) is 20.4. The van der Waals surface area contributed by atoms with Crippen LogP contribution in [0, 0.1) is 6.92 Å². The predicted octanol–water partition coefficient (Wildman–Crippen LogP) is 6.26. The van der Waals surface area contributed by atoms with Gasteiger partial charge in [0, 0.05) is 30.6 Å². The lowest BCUT2D eigenvalue weighted by Gasteiger charge is -2.37. The molecular formula is C31H38N2O5. The maximum atomic E-state index is 13.1. The van der Waals surface area contributed by atoms with Gasteiger partial charge in [-0.05, 0) is 101 Å². The van der Waals surface area contributed by atoms with Crippen molar-refractivity contribution >= 4 is 23.0 Å². The van der Waals surface area contributed by atoms with Crippen molar-refractivity contribution in [3.63, 3.8) is 0 Å². The van der Waals surface area contributed by atoms with Crippen LogP contribution in [0.2, 0.25) is 0 Å². The summed E-state index contributed by atoms with van der Waals surface area (Å²) in [5.41, 5.74) is 4.21. The number of nitrogens with zero attached hydrogens (tertiary/aromatic N) is 2. The number of carbonyl (C=O) groups is 2. The topological polar surface area (TPSA) is 70.0 Å². The predicted molar refractivity (Wildman–Crippen MR) is 147 cm³/mol. The fourth-order valence-corrected chi connectivity index (χ4v) is 5.52. The largest absolute Gasteiger partial charge is 0.489 e. The van der Waals surface area contributed by atoms with Crippen LogP contribution in [0.4, 0.5) is 4.79 Å². The van der Waals surface area contributed by atoms with E-state index in [4.69, 9.17) is 14.2 Å². The van der Waals surface area contributed by atoms with Crippen LogP contribution < -0.4 is 4.74 Å². The molecule has 38 heavy (non-hydrogen) atoms. The number of benzene rings is 2. The lowest BCUT2D eigenvalue weighted by atomic mass is 9.87. The summed E-state index contributed by atoms with van der Waals surface area (Å²) in [6.07, 6.45) is 4.56. The van der Waals surface area contributed by atoms with Gasteiger partial charge in [0.25, 0.3) is 0 Å². The van der Waals surface area contributed by atoms with Crippen LogP contribution in [0.1, 0.15) is 78.9 Å². The molecule has 7 heteroatoms. The monoisotopic (exact) mass is 518 g/mol. The Kier molecular flexibility index (Phi) is 6.99. The number of hydrogen-bond donors (Lipinski definition) is 0. The van der Waals surface area contributed by atoms with Gasteiger partial charge in [-0.1, -0.05) is 12.1 Å². The Labute approximate surface area is 224 Å². The van der Waals surface area contributed by atoms with E-state index in [2.05, 4.69) is 24.9 Å². The number of carbonyl (C=O) groups excluding carboxylic acids is 2. The van der Waals surface area contributed by atoms with Gasteiger partial charge < -0.3 is 19.1 Å². The second kappa shape index (κ2) is 10.1. The van der Waals surface area contributed by atoms with Crippen molar-refractivity contribution in [1.82, 2.24) is 9.47 Å². The standard InChI is InChI=1S/C31H38N2O5/c1-19-17-24(20-7-8-20)28(23-13-16-33(27(19)23)30(35)38-31(2,3)4)37-26-14-15-32(5)18-25(26)21-9-11-22(12-10-21)29(34)36-6/h9-13,16-17,20,25-26H,7-8,14-15,18H2,1-6H3/t25-,26+/m0/s1. The number of fused-ring (bicyclic) bond motifs is 1. The molecule has 2 aromatic carbocycles. The smallest absolute Gasteiger partial charge is 0.419 e. The Balaban J connectivity index is 1.52. The van der Waals surface area contributed by atoms with Gasteiger partial charge in [-0.3, -0.25) is 4.57 Å². The van der Waals surface area contributed by atoms with Crippen molar-refractivity contribution in [2.45, 2.75) is 70.5 Å². The van der Waals surface area contributed by atoms with Crippen molar-refractivity contribution in [2.24, 2.45) is 0 Å². The molecule has 0 bridgehead atoms. The van der Waals surface area contributed by atoms with Gasteiger partial charge in [-0.2, -0.15) is 0 Å². The third kappa shape index (κ3) is 5.30. The number of likely N-dealkylation sites (N-methyl/N-ethyl adjacent to an activating group) is 1. The lowest BCUT2D eigenvalue weighted by Crippen LogP contribution is -2.42. The number of aryl methyl sites for hydroxylation is 1. The van der Waals surface area contributed by atoms with Crippen molar-refractivity contribution < 1.29 is 23.8 Å². The summed E-state index contributed by atoms with van der Waals surface area (Å²) in [6.45, 7) is 9.48. The van der Waals surface area contributed by atoms with Crippen LogP contribution >= 0.6 is 0 Å². The van der Waals surface area contributed by atoms with Crippen LogP contribution in [-0.2, 0) is 9.47 Å². The minimum atomic E-state index is -0.584. The molecule has 1 saturated heterocycles. The van der Waals surface area contributed by atoms with E-state index in [1.807, 2.05) is 51.1 Å². The van der Waals surface area contributed by atoms with E-state index in [1.54, 1.807) is 10.8 Å². The Morgan fingerprint density at radius 3 is 2.37 bits per heavy atom. The molecule has 0 unspecified atom stereocenters. The number of piperidine rings is 1.